The molecule has 0 radical (unpaired) electrons. The Hall–Kier alpha value is -2.08. The minimum atomic E-state index is -0.930. The minimum Gasteiger partial charge on any atom is -0.478 e. The van der Waals surface area contributed by atoms with Crippen molar-refractivity contribution >= 4 is 17.0 Å². The van der Waals surface area contributed by atoms with Gasteiger partial charge in [0.05, 0.1) is 42.9 Å². The molecule has 0 unspecified atom stereocenters. The lowest BCUT2D eigenvalue weighted by Crippen LogP contribution is -2.44. The van der Waals surface area contributed by atoms with Crippen molar-refractivity contribution in [2.75, 3.05) is 31.3 Å². The van der Waals surface area contributed by atoms with E-state index >= 15 is 0 Å². The molecule has 0 amide bonds. The lowest BCUT2D eigenvalue weighted by Gasteiger charge is -2.30. The average Bonchev–Trinajstić information content (AvgIpc) is 2.74. The van der Waals surface area contributed by atoms with Crippen LogP contribution in [0.2, 0.25) is 0 Å². The molecule has 1 aliphatic rings. The van der Waals surface area contributed by atoms with E-state index in [9.17, 15) is 4.79 Å². The number of aryl methyl sites for hydroxylation is 1. The first-order valence-corrected chi connectivity index (χ1v) is 6.22. The smallest absolute Gasteiger partial charge is 0.335 e. The third kappa shape index (κ3) is 2.04. The number of imidazole rings is 1. The van der Waals surface area contributed by atoms with Crippen LogP contribution in [0.15, 0.2) is 18.2 Å². The molecule has 1 aliphatic heterocycles. The summed E-state index contributed by atoms with van der Waals surface area (Å²) in [5, 5.41) is 11.2. The molecule has 19 heavy (non-hydrogen) atoms. The summed E-state index contributed by atoms with van der Waals surface area (Å²) in [5.41, 5.74) is 1.91. The van der Waals surface area contributed by atoms with E-state index in [1.54, 1.807) is 12.1 Å². The lowest BCUT2D eigenvalue weighted by atomic mass is 10.2. The highest BCUT2D eigenvalue weighted by Crippen LogP contribution is 2.19. The van der Waals surface area contributed by atoms with E-state index in [1.165, 1.54) is 0 Å². The number of benzene rings is 1. The summed E-state index contributed by atoms with van der Waals surface area (Å²) in [4.78, 5) is 15.4. The van der Waals surface area contributed by atoms with E-state index in [0.717, 1.165) is 24.4 Å². The maximum Gasteiger partial charge on any atom is 0.335 e. The average molecular weight is 261 g/mol. The van der Waals surface area contributed by atoms with Crippen LogP contribution in [-0.4, -0.2) is 47.0 Å². The van der Waals surface area contributed by atoms with Gasteiger partial charge in [0.2, 0.25) is 0 Å². The molecule has 0 aliphatic carbocycles. The molecule has 2 heterocycles. The first-order chi connectivity index (χ1) is 9.16. The Kier molecular flexibility index (Phi) is 2.87. The Morgan fingerprint density at radius 3 is 2.79 bits per heavy atom. The zero-order valence-electron chi connectivity index (χ0n) is 10.7. The van der Waals surface area contributed by atoms with E-state index in [4.69, 9.17) is 9.84 Å². The summed E-state index contributed by atoms with van der Waals surface area (Å²) in [6.45, 7) is 4.95. The van der Waals surface area contributed by atoms with Crippen LogP contribution in [0.4, 0.5) is 0 Å². The summed E-state index contributed by atoms with van der Waals surface area (Å²) in [6, 6.07) is 5.04. The number of fused-ring (bicyclic) bond motifs is 1. The third-order valence-corrected chi connectivity index (χ3v) is 3.31. The number of hydrogen-bond acceptors (Lipinski definition) is 4. The molecule has 1 saturated heterocycles. The van der Waals surface area contributed by atoms with Crippen LogP contribution in [0.3, 0.4) is 0 Å². The van der Waals surface area contributed by atoms with Gasteiger partial charge in [0.25, 0.3) is 0 Å². The summed E-state index contributed by atoms with van der Waals surface area (Å²) >= 11 is 0. The second-order valence-corrected chi connectivity index (χ2v) is 4.55. The highest BCUT2D eigenvalue weighted by Gasteiger charge is 2.17. The lowest BCUT2D eigenvalue weighted by molar-refractivity contribution is 0.0697. The van der Waals surface area contributed by atoms with E-state index in [-0.39, 0.29) is 5.56 Å². The zero-order chi connectivity index (χ0) is 13.4. The van der Waals surface area contributed by atoms with Gasteiger partial charge in [-0.3, -0.25) is 0 Å². The maximum absolute atomic E-state index is 11.0. The molecule has 2 aromatic rings. The first kappa shape index (κ1) is 12.0. The van der Waals surface area contributed by atoms with Gasteiger partial charge in [-0.05, 0) is 25.1 Å². The Labute approximate surface area is 110 Å². The first-order valence-electron chi connectivity index (χ1n) is 6.22. The van der Waals surface area contributed by atoms with Crippen molar-refractivity contribution < 1.29 is 14.6 Å². The Balaban J connectivity index is 2.09. The van der Waals surface area contributed by atoms with Gasteiger partial charge in [-0.25, -0.2) is 14.5 Å². The molecule has 0 spiro atoms. The van der Waals surface area contributed by atoms with E-state index in [2.05, 4.69) is 9.99 Å². The molecular formula is C13H15N3O3. The molecule has 0 atom stereocenters. The van der Waals surface area contributed by atoms with E-state index in [1.807, 2.05) is 17.7 Å². The topological polar surface area (TPSA) is 67.6 Å². The summed E-state index contributed by atoms with van der Waals surface area (Å²) in [6.07, 6.45) is 0. The molecule has 1 N–H and O–H groups in total. The van der Waals surface area contributed by atoms with Gasteiger partial charge < -0.3 is 14.9 Å². The Morgan fingerprint density at radius 2 is 2.11 bits per heavy atom. The summed E-state index contributed by atoms with van der Waals surface area (Å²) in [5.74, 6) is -0.0695. The van der Waals surface area contributed by atoms with Crippen molar-refractivity contribution in [2.24, 2.45) is 0 Å². The molecular weight excluding hydrogens is 246 g/mol. The predicted octanol–water partition coefficient (Wildman–Crippen LogP) is 1.01. The Morgan fingerprint density at radius 1 is 1.37 bits per heavy atom. The van der Waals surface area contributed by atoms with Crippen molar-refractivity contribution in [3.05, 3.63) is 29.6 Å². The molecule has 3 rings (SSSR count). The van der Waals surface area contributed by atoms with Gasteiger partial charge in [0.1, 0.15) is 5.82 Å². The van der Waals surface area contributed by atoms with Crippen molar-refractivity contribution in [3.63, 3.8) is 0 Å². The number of hydrogen-bond donors (Lipinski definition) is 1. The number of nitrogens with zero attached hydrogens (tertiary/aromatic N) is 3. The fraction of sp³-hybridized carbons (Fsp3) is 0.385. The highest BCUT2D eigenvalue weighted by molar-refractivity contribution is 5.92. The SMILES string of the molecule is Cc1nc2cc(C(=O)O)ccc2n1N1CCOCC1. The minimum absolute atomic E-state index is 0.263. The van der Waals surface area contributed by atoms with Gasteiger partial charge in [-0.2, -0.15) is 0 Å². The van der Waals surface area contributed by atoms with E-state index < -0.39 is 5.97 Å². The van der Waals surface area contributed by atoms with Crippen molar-refractivity contribution in [2.45, 2.75) is 6.92 Å². The highest BCUT2D eigenvalue weighted by atomic mass is 16.5. The second-order valence-electron chi connectivity index (χ2n) is 4.55. The molecule has 6 nitrogen and oxygen atoms in total. The van der Waals surface area contributed by atoms with Crippen molar-refractivity contribution in [1.82, 2.24) is 9.66 Å². The summed E-state index contributed by atoms with van der Waals surface area (Å²) in [7, 11) is 0. The molecule has 6 heteroatoms. The number of carbonyl (C=O) groups is 1. The third-order valence-electron chi connectivity index (χ3n) is 3.31. The fourth-order valence-corrected chi connectivity index (χ4v) is 2.43. The molecule has 100 valence electrons. The van der Waals surface area contributed by atoms with Crippen LogP contribution in [-0.2, 0) is 4.74 Å². The van der Waals surface area contributed by atoms with Gasteiger partial charge in [-0.1, -0.05) is 0 Å². The quantitative estimate of drug-likeness (QED) is 0.874. The maximum atomic E-state index is 11.0. The van der Waals surface area contributed by atoms with Crippen LogP contribution in [0.1, 0.15) is 16.2 Å². The van der Waals surface area contributed by atoms with E-state index in [0.29, 0.717) is 18.7 Å². The molecule has 1 aromatic carbocycles. The van der Waals surface area contributed by atoms with Crippen molar-refractivity contribution in [1.29, 1.82) is 0 Å². The van der Waals surface area contributed by atoms with Crippen LogP contribution < -0.4 is 5.01 Å². The summed E-state index contributed by atoms with van der Waals surface area (Å²) < 4.78 is 7.39. The number of rotatable bonds is 2. The largest absolute Gasteiger partial charge is 0.478 e. The number of carboxylic acids is 1. The van der Waals surface area contributed by atoms with Gasteiger partial charge in [0.15, 0.2) is 0 Å². The number of ether oxygens (including phenoxy) is 1. The Bertz CT molecular complexity index is 629. The molecule has 1 fully saturated rings. The van der Waals surface area contributed by atoms with Crippen LogP contribution in [0.25, 0.3) is 11.0 Å². The predicted molar refractivity (Wildman–Crippen MR) is 70.2 cm³/mol. The van der Waals surface area contributed by atoms with Crippen LogP contribution in [0.5, 0.6) is 0 Å². The fourth-order valence-electron chi connectivity index (χ4n) is 2.43. The molecule has 0 saturated carbocycles. The van der Waals surface area contributed by atoms with Crippen LogP contribution in [0, 0.1) is 6.92 Å². The number of aromatic nitrogens is 2. The number of morpholine rings is 1. The van der Waals surface area contributed by atoms with Crippen LogP contribution >= 0.6 is 0 Å². The van der Waals surface area contributed by atoms with Crippen molar-refractivity contribution in [3.8, 4) is 0 Å². The van der Waals surface area contributed by atoms with Gasteiger partial charge >= 0.3 is 5.97 Å². The van der Waals surface area contributed by atoms with Gasteiger partial charge in [-0.15, -0.1) is 0 Å². The molecule has 0 bridgehead atoms. The standard InChI is InChI=1S/C13H15N3O3/c1-9-14-11-8-10(13(17)18)2-3-12(11)16(9)15-4-6-19-7-5-15/h2-3,8H,4-7H2,1H3,(H,17,18). The number of aromatic carboxylic acids is 1. The zero-order valence-corrected chi connectivity index (χ0v) is 10.7. The monoisotopic (exact) mass is 261 g/mol. The van der Waals surface area contributed by atoms with Gasteiger partial charge in [0, 0.05) is 0 Å². The number of carboxylic acid groups (broad SMARTS) is 1. The second kappa shape index (κ2) is 4.55. The normalized spacial score (nSPS) is 15.9. The molecule has 1 aromatic heterocycles.